The van der Waals surface area contributed by atoms with E-state index in [4.69, 9.17) is 10.5 Å². The maximum atomic E-state index is 11.8. The lowest BCUT2D eigenvalue weighted by Gasteiger charge is -2.15. The highest BCUT2D eigenvalue weighted by atomic mass is 16.5. The second-order valence-electron chi connectivity index (χ2n) is 6.11. The van der Waals surface area contributed by atoms with Crippen LogP contribution in [-0.4, -0.2) is 18.5 Å². The molecule has 0 radical (unpaired) electrons. The number of hydrogen-bond acceptors (Lipinski definition) is 3. The number of carbonyl (C=O) groups excluding carboxylic acids is 1. The van der Waals surface area contributed by atoms with Crippen LogP contribution in [0.5, 0.6) is 5.75 Å². The van der Waals surface area contributed by atoms with Crippen molar-refractivity contribution in [3.05, 3.63) is 65.7 Å². The summed E-state index contributed by atoms with van der Waals surface area (Å²) in [5.74, 6) is 0.684. The SMILES string of the molecule is CC(N)C(C)C(=O)NCCc1ccc(OCc2ccccc2)cc1. The maximum absolute atomic E-state index is 11.8. The van der Waals surface area contributed by atoms with Crippen molar-refractivity contribution in [3.8, 4) is 5.75 Å². The molecule has 0 bridgehead atoms. The largest absolute Gasteiger partial charge is 0.489 e. The maximum Gasteiger partial charge on any atom is 0.224 e. The third-order valence-corrected chi connectivity index (χ3v) is 4.09. The van der Waals surface area contributed by atoms with Gasteiger partial charge in [0, 0.05) is 18.5 Å². The minimum Gasteiger partial charge on any atom is -0.489 e. The molecule has 0 heterocycles. The van der Waals surface area contributed by atoms with Crippen molar-refractivity contribution in [1.82, 2.24) is 5.32 Å². The average Bonchev–Trinajstić information content (AvgIpc) is 2.61. The zero-order valence-corrected chi connectivity index (χ0v) is 14.4. The molecule has 0 saturated heterocycles. The van der Waals surface area contributed by atoms with Crippen LogP contribution in [0.2, 0.25) is 0 Å². The van der Waals surface area contributed by atoms with Crippen LogP contribution >= 0.6 is 0 Å². The highest BCUT2D eigenvalue weighted by molar-refractivity contribution is 5.78. The van der Waals surface area contributed by atoms with Gasteiger partial charge in [-0.1, -0.05) is 49.4 Å². The molecule has 0 aromatic heterocycles. The van der Waals surface area contributed by atoms with Crippen LogP contribution < -0.4 is 15.8 Å². The van der Waals surface area contributed by atoms with Crippen LogP contribution in [0.1, 0.15) is 25.0 Å². The number of hydrogen-bond donors (Lipinski definition) is 2. The molecule has 2 rings (SSSR count). The van der Waals surface area contributed by atoms with Gasteiger partial charge in [0.05, 0.1) is 0 Å². The van der Waals surface area contributed by atoms with Crippen molar-refractivity contribution in [2.24, 2.45) is 11.7 Å². The van der Waals surface area contributed by atoms with Gasteiger partial charge in [-0.25, -0.2) is 0 Å². The first kappa shape index (κ1) is 18.0. The van der Waals surface area contributed by atoms with E-state index in [-0.39, 0.29) is 17.9 Å². The molecule has 1 amide bonds. The second-order valence-corrected chi connectivity index (χ2v) is 6.11. The Bertz CT molecular complexity index is 624. The van der Waals surface area contributed by atoms with E-state index in [0.717, 1.165) is 23.3 Å². The van der Waals surface area contributed by atoms with E-state index < -0.39 is 0 Å². The first-order valence-electron chi connectivity index (χ1n) is 8.35. The molecule has 2 unspecified atom stereocenters. The Kier molecular flexibility index (Phi) is 6.82. The Labute approximate surface area is 144 Å². The van der Waals surface area contributed by atoms with Crippen LogP contribution in [0.4, 0.5) is 0 Å². The van der Waals surface area contributed by atoms with E-state index in [0.29, 0.717) is 13.2 Å². The van der Waals surface area contributed by atoms with Crippen LogP contribution in [0, 0.1) is 5.92 Å². The number of ether oxygens (including phenoxy) is 1. The summed E-state index contributed by atoms with van der Waals surface area (Å²) < 4.78 is 5.76. The molecule has 4 heteroatoms. The van der Waals surface area contributed by atoms with Crippen LogP contribution in [0.25, 0.3) is 0 Å². The Morgan fingerprint density at radius 1 is 1.04 bits per heavy atom. The average molecular weight is 326 g/mol. The van der Waals surface area contributed by atoms with E-state index in [2.05, 4.69) is 5.32 Å². The van der Waals surface area contributed by atoms with E-state index in [9.17, 15) is 4.79 Å². The van der Waals surface area contributed by atoms with Gasteiger partial charge >= 0.3 is 0 Å². The summed E-state index contributed by atoms with van der Waals surface area (Å²) >= 11 is 0. The van der Waals surface area contributed by atoms with Crippen molar-refractivity contribution >= 4 is 5.91 Å². The number of rotatable bonds is 8. The molecule has 24 heavy (non-hydrogen) atoms. The van der Waals surface area contributed by atoms with Gasteiger partial charge in [0.25, 0.3) is 0 Å². The molecule has 0 fully saturated rings. The Hall–Kier alpha value is -2.33. The molecule has 3 N–H and O–H groups in total. The van der Waals surface area contributed by atoms with Crippen LogP contribution in [0.15, 0.2) is 54.6 Å². The Balaban J connectivity index is 1.75. The molecule has 0 aliphatic rings. The predicted octanol–water partition coefficient (Wildman–Crippen LogP) is 2.91. The third kappa shape index (κ3) is 5.70. The van der Waals surface area contributed by atoms with E-state index >= 15 is 0 Å². The summed E-state index contributed by atoms with van der Waals surface area (Å²) in [5, 5.41) is 2.92. The van der Waals surface area contributed by atoms with Gasteiger partial charge < -0.3 is 15.8 Å². The standard InChI is InChI=1S/C20H26N2O2/c1-15(16(2)21)20(23)22-13-12-17-8-10-19(11-9-17)24-14-18-6-4-3-5-7-18/h3-11,15-16H,12-14,21H2,1-2H3,(H,22,23). The molecule has 4 nitrogen and oxygen atoms in total. The van der Waals surface area contributed by atoms with E-state index in [1.165, 1.54) is 0 Å². The van der Waals surface area contributed by atoms with Gasteiger partial charge in [-0.2, -0.15) is 0 Å². The van der Waals surface area contributed by atoms with Crippen molar-refractivity contribution in [1.29, 1.82) is 0 Å². The van der Waals surface area contributed by atoms with E-state index in [1.807, 2.05) is 68.4 Å². The molecule has 2 aromatic carbocycles. The fourth-order valence-corrected chi connectivity index (χ4v) is 2.22. The third-order valence-electron chi connectivity index (χ3n) is 4.09. The van der Waals surface area contributed by atoms with Gasteiger partial charge in [-0.15, -0.1) is 0 Å². The second kappa shape index (κ2) is 9.08. The number of carbonyl (C=O) groups is 1. The summed E-state index contributed by atoms with van der Waals surface area (Å²) in [4.78, 5) is 11.8. The molecule has 2 aromatic rings. The zero-order chi connectivity index (χ0) is 17.4. The minimum atomic E-state index is -0.168. The first-order chi connectivity index (χ1) is 11.6. The number of nitrogens with two attached hydrogens (primary N) is 1. The Morgan fingerprint density at radius 3 is 2.33 bits per heavy atom. The number of nitrogens with one attached hydrogen (secondary N) is 1. The molecular formula is C20H26N2O2. The van der Waals surface area contributed by atoms with Gasteiger partial charge in [-0.05, 0) is 36.6 Å². The van der Waals surface area contributed by atoms with Gasteiger partial charge in [0.15, 0.2) is 0 Å². The first-order valence-corrected chi connectivity index (χ1v) is 8.35. The summed E-state index contributed by atoms with van der Waals surface area (Å²) in [6, 6.07) is 17.9. The fraction of sp³-hybridized carbons (Fsp3) is 0.350. The molecule has 0 spiro atoms. The summed E-state index contributed by atoms with van der Waals surface area (Å²) in [6.45, 7) is 4.86. The topological polar surface area (TPSA) is 64.4 Å². The molecular weight excluding hydrogens is 300 g/mol. The molecule has 0 aliphatic carbocycles. The number of benzene rings is 2. The highest BCUT2D eigenvalue weighted by Gasteiger charge is 2.15. The van der Waals surface area contributed by atoms with E-state index in [1.54, 1.807) is 0 Å². The van der Waals surface area contributed by atoms with Gasteiger partial charge in [0.1, 0.15) is 12.4 Å². The molecule has 0 saturated carbocycles. The smallest absolute Gasteiger partial charge is 0.224 e. The zero-order valence-electron chi connectivity index (χ0n) is 14.4. The lowest BCUT2D eigenvalue weighted by molar-refractivity contribution is -0.124. The summed E-state index contributed by atoms with van der Waals surface area (Å²) in [5.41, 5.74) is 8.04. The Morgan fingerprint density at radius 2 is 1.71 bits per heavy atom. The van der Waals surface area contributed by atoms with Crippen molar-refractivity contribution in [3.63, 3.8) is 0 Å². The summed E-state index contributed by atoms with van der Waals surface area (Å²) in [7, 11) is 0. The van der Waals surface area contributed by atoms with Gasteiger partial charge in [-0.3, -0.25) is 4.79 Å². The van der Waals surface area contributed by atoms with Crippen molar-refractivity contribution in [2.45, 2.75) is 32.9 Å². The normalized spacial score (nSPS) is 13.1. The predicted molar refractivity (Wildman–Crippen MR) is 96.7 cm³/mol. The van der Waals surface area contributed by atoms with Crippen LogP contribution in [0.3, 0.4) is 0 Å². The minimum absolute atomic E-state index is 0.00724. The monoisotopic (exact) mass is 326 g/mol. The fourth-order valence-electron chi connectivity index (χ4n) is 2.22. The lowest BCUT2D eigenvalue weighted by atomic mass is 10.0. The van der Waals surface area contributed by atoms with Crippen molar-refractivity contribution < 1.29 is 9.53 Å². The summed E-state index contributed by atoms with van der Waals surface area (Å²) in [6.07, 6.45) is 0.788. The van der Waals surface area contributed by atoms with Gasteiger partial charge in [0.2, 0.25) is 5.91 Å². The highest BCUT2D eigenvalue weighted by Crippen LogP contribution is 2.14. The van der Waals surface area contributed by atoms with Crippen LogP contribution in [-0.2, 0) is 17.8 Å². The quantitative estimate of drug-likeness (QED) is 0.784. The molecule has 2 atom stereocenters. The molecule has 0 aliphatic heterocycles. The lowest BCUT2D eigenvalue weighted by Crippen LogP contribution is -2.39. The number of amides is 1. The molecule has 128 valence electrons. The van der Waals surface area contributed by atoms with Crippen molar-refractivity contribution in [2.75, 3.05) is 6.54 Å².